The van der Waals surface area contributed by atoms with Gasteiger partial charge >= 0.3 is 0 Å². The van der Waals surface area contributed by atoms with E-state index >= 15 is 0 Å². The van der Waals surface area contributed by atoms with Gasteiger partial charge in [0.2, 0.25) is 0 Å². The van der Waals surface area contributed by atoms with Crippen LogP contribution in [0.1, 0.15) is 16.7 Å². The predicted octanol–water partition coefficient (Wildman–Crippen LogP) is 4.01. The van der Waals surface area contributed by atoms with Crippen LogP contribution in [0.15, 0.2) is 39.8 Å². The molecule has 0 aromatic heterocycles. The van der Waals surface area contributed by atoms with Crippen LogP contribution in [0.2, 0.25) is 0 Å². The number of nitrogens with two attached hydrogens (primary N) is 1. The van der Waals surface area contributed by atoms with Gasteiger partial charge < -0.3 is 20.5 Å². The van der Waals surface area contributed by atoms with E-state index < -0.39 is 0 Å². The second-order valence-corrected chi connectivity index (χ2v) is 6.36. The van der Waals surface area contributed by atoms with Gasteiger partial charge in [-0.1, -0.05) is 22.0 Å². The van der Waals surface area contributed by atoms with Gasteiger partial charge in [0.15, 0.2) is 17.5 Å². The van der Waals surface area contributed by atoms with Crippen molar-refractivity contribution in [2.45, 2.75) is 20.4 Å². The summed E-state index contributed by atoms with van der Waals surface area (Å²) in [7, 11) is 3.21. The molecule has 0 saturated heterocycles. The van der Waals surface area contributed by atoms with E-state index in [1.807, 2.05) is 38.1 Å². The Hall–Kier alpha value is -2.21. The summed E-state index contributed by atoms with van der Waals surface area (Å²) in [5.74, 6) is 1.69. The zero-order chi connectivity index (χ0) is 17.7. The highest BCUT2D eigenvalue weighted by Crippen LogP contribution is 2.33. The van der Waals surface area contributed by atoms with Gasteiger partial charge in [0.25, 0.3) is 0 Å². The van der Waals surface area contributed by atoms with E-state index in [0.29, 0.717) is 24.0 Å². The first-order chi connectivity index (χ1) is 11.4. The number of hydrogen-bond acceptors (Lipinski definition) is 3. The van der Waals surface area contributed by atoms with Gasteiger partial charge in [0.1, 0.15) is 0 Å². The minimum Gasteiger partial charge on any atom is -0.493 e. The second kappa shape index (κ2) is 8.06. The Bertz CT molecular complexity index is 740. The first-order valence-corrected chi connectivity index (χ1v) is 8.28. The van der Waals surface area contributed by atoms with Crippen molar-refractivity contribution in [2.75, 3.05) is 19.5 Å². The van der Waals surface area contributed by atoms with Crippen molar-refractivity contribution in [1.82, 2.24) is 0 Å². The molecule has 0 saturated carbocycles. The predicted molar refractivity (Wildman–Crippen MR) is 102 cm³/mol. The molecule has 2 aromatic rings. The molecule has 0 heterocycles. The van der Waals surface area contributed by atoms with Gasteiger partial charge in [0, 0.05) is 10.2 Å². The summed E-state index contributed by atoms with van der Waals surface area (Å²) >= 11 is 3.52. The maximum atomic E-state index is 6.00. The van der Waals surface area contributed by atoms with Crippen LogP contribution in [0.4, 0.5) is 5.69 Å². The number of ether oxygens (including phenoxy) is 2. The average molecular weight is 392 g/mol. The Morgan fingerprint density at radius 2 is 1.62 bits per heavy atom. The summed E-state index contributed by atoms with van der Waals surface area (Å²) < 4.78 is 11.5. The molecule has 6 heteroatoms. The molecule has 0 fully saturated rings. The highest BCUT2D eigenvalue weighted by atomic mass is 79.9. The molecule has 0 atom stereocenters. The number of rotatable bonds is 5. The number of benzene rings is 2. The number of hydrogen-bond donors (Lipinski definition) is 2. The fraction of sp³-hybridized carbons (Fsp3) is 0.278. The lowest BCUT2D eigenvalue weighted by Gasteiger charge is -2.11. The third-order valence-electron chi connectivity index (χ3n) is 3.47. The highest BCUT2D eigenvalue weighted by molar-refractivity contribution is 9.10. The van der Waals surface area contributed by atoms with Crippen LogP contribution in [0, 0.1) is 13.8 Å². The molecule has 0 aliphatic carbocycles. The van der Waals surface area contributed by atoms with Crippen LogP contribution in [0.3, 0.4) is 0 Å². The molecule has 2 aromatic carbocycles. The molecule has 0 aliphatic heterocycles. The topological polar surface area (TPSA) is 68.9 Å². The van der Waals surface area contributed by atoms with Crippen LogP contribution in [-0.2, 0) is 6.54 Å². The molecule has 0 aliphatic rings. The smallest absolute Gasteiger partial charge is 0.193 e. The van der Waals surface area contributed by atoms with Crippen LogP contribution in [0.5, 0.6) is 11.5 Å². The van der Waals surface area contributed by atoms with Gasteiger partial charge in [-0.15, -0.1) is 0 Å². The average Bonchev–Trinajstić information content (AvgIpc) is 2.52. The number of guanidine groups is 1. The molecule has 3 N–H and O–H groups in total. The van der Waals surface area contributed by atoms with E-state index in [0.717, 1.165) is 15.7 Å². The fourth-order valence-corrected chi connectivity index (χ4v) is 2.87. The molecule has 0 bridgehead atoms. The Kier molecular flexibility index (Phi) is 6.09. The van der Waals surface area contributed by atoms with Gasteiger partial charge in [-0.2, -0.15) is 0 Å². The summed E-state index contributed by atoms with van der Waals surface area (Å²) in [5, 5.41) is 3.12. The van der Waals surface area contributed by atoms with Crippen LogP contribution in [-0.4, -0.2) is 20.2 Å². The largest absolute Gasteiger partial charge is 0.493 e. The molecule has 5 nitrogen and oxygen atoms in total. The monoisotopic (exact) mass is 391 g/mol. The number of nitrogens with one attached hydrogen (secondary N) is 1. The van der Waals surface area contributed by atoms with Crippen molar-refractivity contribution in [3.63, 3.8) is 0 Å². The highest BCUT2D eigenvalue weighted by Gasteiger charge is 2.09. The standard InChI is InChI=1S/C18H22BrN3O2/c1-11-5-12(2)7-14(6-11)22-18(20)21-10-13-8-16(23-3)17(24-4)9-15(13)19/h5-9H,10H2,1-4H3,(H3,20,21,22). The fourth-order valence-electron chi connectivity index (χ4n) is 2.42. The normalized spacial score (nSPS) is 11.3. The number of aryl methyl sites for hydroxylation is 2. The minimum absolute atomic E-state index is 0.363. The minimum atomic E-state index is 0.363. The lowest BCUT2D eigenvalue weighted by molar-refractivity contribution is 0.354. The van der Waals surface area contributed by atoms with Crippen molar-refractivity contribution in [2.24, 2.45) is 10.7 Å². The van der Waals surface area contributed by atoms with Gasteiger partial charge in [-0.3, -0.25) is 0 Å². The van der Waals surface area contributed by atoms with Gasteiger partial charge in [-0.25, -0.2) is 4.99 Å². The van der Waals surface area contributed by atoms with Crippen molar-refractivity contribution >= 4 is 27.6 Å². The quantitative estimate of drug-likeness (QED) is 0.596. The lowest BCUT2D eigenvalue weighted by atomic mass is 10.1. The third kappa shape index (κ3) is 4.64. The molecular weight excluding hydrogens is 370 g/mol. The molecule has 0 spiro atoms. The summed E-state index contributed by atoms with van der Waals surface area (Å²) in [6.45, 7) is 4.52. The van der Waals surface area contributed by atoms with Crippen LogP contribution in [0.25, 0.3) is 0 Å². The Labute approximate surface area is 151 Å². The third-order valence-corrected chi connectivity index (χ3v) is 4.20. The SMILES string of the molecule is COc1cc(Br)c(CN=C(N)Nc2cc(C)cc(C)c2)cc1OC. The zero-order valence-electron chi connectivity index (χ0n) is 14.3. The Balaban J connectivity index is 2.14. The van der Waals surface area contributed by atoms with Crippen molar-refractivity contribution in [3.8, 4) is 11.5 Å². The summed E-state index contributed by atoms with van der Waals surface area (Å²) in [5.41, 5.74) is 10.2. The van der Waals surface area contributed by atoms with Crippen LogP contribution >= 0.6 is 15.9 Å². The number of aliphatic imine (C=N–C) groups is 1. The van der Waals surface area contributed by atoms with E-state index in [1.165, 1.54) is 11.1 Å². The van der Waals surface area contributed by atoms with Gasteiger partial charge in [0.05, 0.1) is 20.8 Å². The van der Waals surface area contributed by atoms with Crippen molar-refractivity contribution < 1.29 is 9.47 Å². The van der Waals surface area contributed by atoms with Crippen molar-refractivity contribution in [1.29, 1.82) is 0 Å². The number of anilines is 1. The van der Waals surface area contributed by atoms with E-state index in [1.54, 1.807) is 14.2 Å². The Morgan fingerprint density at radius 3 is 2.21 bits per heavy atom. The number of halogens is 1. The zero-order valence-corrected chi connectivity index (χ0v) is 15.9. The van der Waals surface area contributed by atoms with Crippen molar-refractivity contribution in [3.05, 3.63) is 51.5 Å². The van der Waals surface area contributed by atoms with Gasteiger partial charge in [-0.05, 0) is 54.8 Å². The second-order valence-electron chi connectivity index (χ2n) is 5.50. The maximum Gasteiger partial charge on any atom is 0.193 e. The molecule has 128 valence electrons. The molecule has 0 amide bonds. The van der Waals surface area contributed by atoms with E-state index in [9.17, 15) is 0 Å². The summed E-state index contributed by atoms with van der Waals surface area (Å²) in [6.07, 6.45) is 0. The van der Waals surface area contributed by atoms with E-state index in [-0.39, 0.29) is 0 Å². The first-order valence-electron chi connectivity index (χ1n) is 7.48. The molecule has 24 heavy (non-hydrogen) atoms. The number of nitrogens with zero attached hydrogens (tertiary/aromatic N) is 1. The Morgan fingerprint density at radius 1 is 1.04 bits per heavy atom. The molecule has 0 unspecified atom stereocenters. The van der Waals surface area contributed by atoms with E-state index in [4.69, 9.17) is 15.2 Å². The van der Waals surface area contributed by atoms with Crippen LogP contribution < -0.4 is 20.5 Å². The number of methoxy groups -OCH3 is 2. The summed E-state index contributed by atoms with van der Waals surface area (Å²) in [6, 6.07) is 9.91. The van der Waals surface area contributed by atoms with E-state index in [2.05, 4.69) is 32.3 Å². The first kappa shape index (κ1) is 18.1. The lowest BCUT2D eigenvalue weighted by Crippen LogP contribution is -2.22. The molecule has 2 rings (SSSR count). The summed E-state index contributed by atoms with van der Waals surface area (Å²) in [4.78, 5) is 4.40. The molecule has 0 radical (unpaired) electrons. The molecular formula is C18H22BrN3O2. The maximum absolute atomic E-state index is 6.00.